The molecule has 0 aliphatic carbocycles. The summed E-state index contributed by atoms with van der Waals surface area (Å²) < 4.78 is 1.23. The number of anilines is 1. The number of nitrogens with one attached hydrogen (secondary N) is 1. The van der Waals surface area contributed by atoms with Crippen LogP contribution in [-0.2, 0) is 30.6 Å². The molecule has 2 amide bonds. The van der Waals surface area contributed by atoms with Crippen molar-refractivity contribution in [1.29, 1.82) is 0 Å². The van der Waals surface area contributed by atoms with Gasteiger partial charge in [-0.05, 0) is 32.4 Å². The van der Waals surface area contributed by atoms with Crippen LogP contribution >= 0.6 is 23.1 Å². The number of β-lactam (4-membered cyclic amide) rings is 1. The van der Waals surface area contributed by atoms with Gasteiger partial charge in [0.15, 0.2) is 28.0 Å². The highest BCUT2D eigenvalue weighted by Gasteiger charge is 2.55. The summed E-state index contributed by atoms with van der Waals surface area (Å²) in [7, 11) is 0. The number of nitrogens with zero attached hydrogens (tertiary/aromatic N) is 5. The summed E-state index contributed by atoms with van der Waals surface area (Å²) in [4.78, 5) is 87.4. The molecule has 3 aromatic rings. The fourth-order valence-corrected chi connectivity index (χ4v) is 6.86. The molecule has 1 saturated heterocycles. The predicted octanol–water partition coefficient (Wildman–Crippen LogP) is -0.601. The second-order valence-electron chi connectivity index (χ2n) is 11.2. The fraction of sp³-hybridized carbons (Fsp3) is 0.321. The van der Waals surface area contributed by atoms with Gasteiger partial charge in [-0.2, -0.15) is 5.10 Å². The van der Waals surface area contributed by atoms with Crippen molar-refractivity contribution < 1.29 is 49.2 Å². The van der Waals surface area contributed by atoms with E-state index in [4.69, 9.17) is 16.3 Å². The molecule has 0 bridgehead atoms. The van der Waals surface area contributed by atoms with E-state index in [1.165, 1.54) is 23.9 Å². The number of oxime groups is 1. The number of ketones is 1. The van der Waals surface area contributed by atoms with E-state index in [1.807, 2.05) is 0 Å². The summed E-state index contributed by atoms with van der Waals surface area (Å²) >= 11 is 1.93. The molecule has 1 aromatic carbocycles. The molecule has 4 heterocycles. The molecular weight excluding hydrogens is 688 g/mol. The molecule has 19 nitrogen and oxygen atoms in total. The van der Waals surface area contributed by atoms with Crippen LogP contribution in [0, 0.1) is 0 Å². The van der Waals surface area contributed by atoms with Crippen molar-refractivity contribution in [2.45, 2.75) is 50.4 Å². The van der Waals surface area contributed by atoms with Crippen molar-refractivity contribution in [3.8, 4) is 11.5 Å². The lowest BCUT2D eigenvalue weighted by molar-refractivity contribution is -0.161. The summed E-state index contributed by atoms with van der Waals surface area (Å²) in [5.41, 5.74) is 7.23. The number of nitrogen functional groups attached to an aromatic ring is 1. The van der Waals surface area contributed by atoms with Gasteiger partial charge < -0.3 is 42.0 Å². The number of thioether (sulfide) groups is 1. The van der Waals surface area contributed by atoms with Gasteiger partial charge >= 0.3 is 11.9 Å². The van der Waals surface area contributed by atoms with Crippen LogP contribution in [0.5, 0.6) is 11.5 Å². The van der Waals surface area contributed by atoms with E-state index in [0.29, 0.717) is 0 Å². The van der Waals surface area contributed by atoms with Crippen molar-refractivity contribution in [2.24, 2.45) is 10.9 Å². The first-order valence-corrected chi connectivity index (χ1v) is 16.1. The third-order valence-corrected chi connectivity index (χ3v) is 9.57. The number of thiazole rings is 1. The number of Topliss-reactive ketones (excluding diaryl/α,β-unsaturated/α-hetero) is 1. The van der Waals surface area contributed by atoms with Crippen LogP contribution in [0.15, 0.2) is 38.7 Å². The summed E-state index contributed by atoms with van der Waals surface area (Å²) in [5.74, 6) is -7.27. The molecule has 2 aliphatic heterocycles. The minimum absolute atomic E-state index is 0.0568. The van der Waals surface area contributed by atoms with E-state index in [-0.39, 0.29) is 39.6 Å². The van der Waals surface area contributed by atoms with Crippen LogP contribution in [0.2, 0.25) is 0 Å². The number of hydrogen-bond acceptors (Lipinski definition) is 16. The molecule has 9 N–H and O–H groups in total. The third-order valence-electron chi connectivity index (χ3n) is 7.59. The topological polar surface area (TPSA) is 303 Å². The van der Waals surface area contributed by atoms with Crippen LogP contribution in [0.25, 0.3) is 10.9 Å². The highest BCUT2D eigenvalue weighted by Crippen LogP contribution is 2.41. The second-order valence-corrected chi connectivity index (χ2v) is 13.1. The summed E-state index contributed by atoms with van der Waals surface area (Å²) in [5, 5.41) is 49.8. The maximum Gasteiger partial charge on any atom is 0.352 e. The summed E-state index contributed by atoms with van der Waals surface area (Å²) in [6.07, 6.45) is 0. The van der Waals surface area contributed by atoms with Gasteiger partial charge in [-0.15, -0.1) is 23.1 Å². The number of carbonyl (C=O) groups excluding carboxylic acids is 3. The zero-order chi connectivity index (χ0) is 36.1. The molecule has 2 aromatic heterocycles. The Morgan fingerprint density at radius 2 is 1.86 bits per heavy atom. The van der Waals surface area contributed by atoms with Gasteiger partial charge in [-0.1, -0.05) is 5.16 Å². The number of carbonyl (C=O) groups is 5. The van der Waals surface area contributed by atoms with Crippen LogP contribution in [0.3, 0.4) is 0 Å². The summed E-state index contributed by atoms with van der Waals surface area (Å²) in [6, 6.07) is -0.955. The molecular formula is C28H28N8O11S2. The Hall–Kier alpha value is -5.54. The molecule has 2 aliphatic rings. The first-order chi connectivity index (χ1) is 23.0. The SMILES string of the molecule is CCn1nc(C(=O)C(N)C2=C(C(=O)O)N3C(=O)C(NC(=O)/C(=N\OC(C)(C)C(=O)O)c4csc(N)n4)[C@H]3SC2)c(=O)c2cc(O)c(O)cc21. The van der Waals surface area contributed by atoms with Crippen molar-refractivity contribution in [3.05, 3.63) is 50.4 Å². The molecule has 0 spiro atoms. The number of aromatic nitrogens is 3. The van der Waals surface area contributed by atoms with Gasteiger partial charge in [0.2, 0.25) is 16.8 Å². The number of aliphatic carboxylic acids is 2. The van der Waals surface area contributed by atoms with E-state index >= 15 is 0 Å². The lowest BCUT2D eigenvalue weighted by atomic mass is 9.95. The Balaban J connectivity index is 1.43. The monoisotopic (exact) mass is 716 g/mol. The van der Waals surface area contributed by atoms with Crippen molar-refractivity contribution in [3.63, 3.8) is 0 Å². The highest BCUT2D eigenvalue weighted by molar-refractivity contribution is 8.00. The molecule has 258 valence electrons. The molecule has 0 saturated carbocycles. The number of carboxylic acid groups (broad SMARTS) is 2. The number of hydrogen-bond donors (Lipinski definition) is 7. The Labute approximate surface area is 282 Å². The van der Waals surface area contributed by atoms with Gasteiger partial charge in [0.05, 0.1) is 16.9 Å². The van der Waals surface area contributed by atoms with Gasteiger partial charge in [0, 0.05) is 23.7 Å². The lowest BCUT2D eigenvalue weighted by Crippen LogP contribution is -2.71. The molecule has 2 unspecified atom stereocenters. The Kier molecular flexibility index (Phi) is 9.10. The molecule has 0 radical (unpaired) electrons. The van der Waals surface area contributed by atoms with Crippen LogP contribution < -0.4 is 22.2 Å². The van der Waals surface area contributed by atoms with Crippen molar-refractivity contribution >= 4 is 74.4 Å². The maximum atomic E-state index is 13.6. The number of benzene rings is 1. The molecule has 5 rings (SSSR count). The zero-order valence-electron chi connectivity index (χ0n) is 25.7. The number of aromatic hydroxyl groups is 2. The zero-order valence-corrected chi connectivity index (χ0v) is 27.4. The number of aryl methyl sites for hydroxylation is 1. The van der Waals surface area contributed by atoms with E-state index in [9.17, 15) is 49.2 Å². The predicted molar refractivity (Wildman–Crippen MR) is 173 cm³/mol. The van der Waals surface area contributed by atoms with Crippen LogP contribution in [0.4, 0.5) is 5.13 Å². The van der Waals surface area contributed by atoms with Crippen LogP contribution in [-0.4, -0.2) is 104 Å². The number of fused-ring (bicyclic) bond motifs is 2. The average Bonchev–Trinajstić information content (AvgIpc) is 3.48. The number of phenolic OH excluding ortho intramolecular Hbond substituents is 2. The second kappa shape index (κ2) is 12.8. The normalized spacial score (nSPS) is 18.5. The summed E-state index contributed by atoms with van der Waals surface area (Å²) in [6.45, 7) is 4.16. The minimum atomic E-state index is -1.85. The fourth-order valence-electron chi connectivity index (χ4n) is 4.91. The number of amides is 2. The molecule has 3 atom stereocenters. The molecule has 49 heavy (non-hydrogen) atoms. The Morgan fingerprint density at radius 1 is 1.18 bits per heavy atom. The number of carboxylic acids is 2. The average molecular weight is 717 g/mol. The molecule has 21 heteroatoms. The van der Waals surface area contributed by atoms with Crippen molar-refractivity contribution in [1.82, 2.24) is 25.0 Å². The first-order valence-electron chi connectivity index (χ1n) is 14.2. The van der Waals surface area contributed by atoms with Gasteiger partial charge in [-0.25, -0.2) is 14.6 Å². The number of phenols is 2. The van der Waals surface area contributed by atoms with E-state index < -0.39 is 86.6 Å². The van der Waals surface area contributed by atoms with E-state index in [1.54, 1.807) is 6.92 Å². The van der Waals surface area contributed by atoms with E-state index in [2.05, 4.69) is 20.6 Å². The minimum Gasteiger partial charge on any atom is -0.504 e. The van der Waals surface area contributed by atoms with Crippen LogP contribution in [0.1, 0.15) is 37.0 Å². The lowest BCUT2D eigenvalue weighted by Gasteiger charge is -2.49. The Bertz CT molecular complexity index is 2070. The van der Waals surface area contributed by atoms with E-state index in [0.717, 1.165) is 40.1 Å². The smallest absolute Gasteiger partial charge is 0.352 e. The van der Waals surface area contributed by atoms with Gasteiger partial charge in [0.25, 0.3) is 11.8 Å². The molecule has 1 fully saturated rings. The Morgan fingerprint density at radius 3 is 2.45 bits per heavy atom. The quantitative estimate of drug-likeness (QED) is 0.0428. The standard InChI is InChI=1S/C28H28N8O11S2/c1-4-35-12-6-14(38)13(37)5-9(12)20(39)17(33-35)21(40)15(29)10-7-48-24-18(23(42)36(24)19(10)25(43)44)32-22(41)16(11-8-49-27(30)31-11)34-47-28(2,3)26(45)46/h5-6,8,15,18,24,37-38H,4,7,29H2,1-3H3,(H2,30,31)(H,32,41)(H,43,44)(H,45,46)/b34-16-/t15?,18?,24-/m1/s1. The largest absolute Gasteiger partial charge is 0.504 e. The third kappa shape index (κ3) is 6.13. The number of rotatable bonds is 11. The van der Waals surface area contributed by atoms with Gasteiger partial charge in [-0.3, -0.25) is 28.8 Å². The van der Waals surface area contributed by atoms with Gasteiger partial charge in [0.1, 0.15) is 22.8 Å². The first kappa shape index (κ1) is 34.8. The maximum absolute atomic E-state index is 13.6. The number of nitrogens with two attached hydrogens (primary N) is 2. The highest BCUT2D eigenvalue weighted by atomic mass is 32.2. The van der Waals surface area contributed by atoms with Crippen molar-refractivity contribution in [2.75, 3.05) is 11.5 Å².